The lowest BCUT2D eigenvalue weighted by atomic mass is 9.86. The van der Waals surface area contributed by atoms with Gasteiger partial charge >= 0.3 is 0 Å². The molecule has 1 amide bonds. The Labute approximate surface area is 116 Å². The van der Waals surface area contributed by atoms with Gasteiger partial charge in [-0.25, -0.2) is 0 Å². The summed E-state index contributed by atoms with van der Waals surface area (Å²) in [4.78, 5) is 12.3. The van der Waals surface area contributed by atoms with E-state index in [4.69, 9.17) is 0 Å². The fourth-order valence-corrected chi connectivity index (χ4v) is 2.64. The molecule has 1 saturated carbocycles. The van der Waals surface area contributed by atoms with Gasteiger partial charge in [0.1, 0.15) is 0 Å². The Morgan fingerprint density at radius 2 is 1.84 bits per heavy atom. The first-order valence-corrected chi connectivity index (χ1v) is 7.38. The van der Waals surface area contributed by atoms with Crippen LogP contribution in [-0.4, -0.2) is 11.9 Å². The maximum absolute atomic E-state index is 12.3. The highest BCUT2D eigenvalue weighted by Gasteiger charge is 2.18. The predicted molar refractivity (Wildman–Crippen MR) is 79.5 cm³/mol. The van der Waals surface area contributed by atoms with Crippen molar-refractivity contribution >= 4 is 5.91 Å². The quantitative estimate of drug-likeness (QED) is 0.853. The molecule has 1 aliphatic carbocycles. The second-order valence-corrected chi connectivity index (χ2v) is 6.64. The molecule has 0 heterocycles. The van der Waals surface area contributed by atoms with E-state index in [2.05, 4.69) is 32.2 Å². The van der Waals surface area contributed by atoms with Crippen molar-refractivity contribution in [3.63, 3.8) is 0 Å². The molecule has 0 spiro atoms. The lowest BCUT2D eigenvalue weighted by Crippen LogP contribution is -2.36. The molecule has 1 aromatic carbocycles. The topological polar surface area (TPSA) is 29.1 Å². The molecule has 2 nitrogen and oxygen atoms in total. The van der Waals surface area contributed by atoms with Gasteiger partial charge in [0.25, 0.3) is 5.91 Å². The van der Waals surface area contributed by atoms with E-state index in [1.165, 1.54) is 24.8 Å². The SMILES string of the molecule is CC(C)(C)c1cccc(C(=O)NC2CCCCC2)c1. The fraction of sp³-hybridized carbons (Fsp3) is 0.588. The van der Waals surface area contributed by atoms with E-state index in [0.717, 1.165) is 18.4 Å². The second kappa shape index (κ2) is 5.77. The summed E-state index contributed by atoms with van der Waals surface area (Å²) >= 11 is 0. The van der Waals surface area contributed by atoms with E-state index in [1.807, 2.05) is 18.2 Å². The third-order valence-electron chi connectivity index (χ3n) is 3.93. The maximum atomic E-state index is 12.3. The lowest BCUT2D eigenvalue weighted by Gasteiger charge is -2.23. The largest absolute Gasteiger partial charge is 0.349 e. The van der Waals surface area contributed by atoms with Gasteiger partial charge in [0.15, 0.2) is 0 Å². The maximum Gasteiger partial charge on any atom is 0.251 e. The Morgan fingerprint density at radius 3 is 2.47 bits per heavy atom. The number of nitrogens with one attached hydrogen (secondary N) is 1. The molecule has 1 aliphatic rings. The van der Waals surface area contributed by atoms with Crippen LogP contribution in [0.1, 0.15) is 68.8 Å². The van der Waals surface area contributed by atoms with Crippen LogP contribution in [0.5, 0.6) is 0 Å². The third-order valence-corrected chi connectivity index (χ3v) is 3.93. The zero-order valence-corrected chi connectivity index (χ0v) is 12.3. The highest BCUT2D eigenvalue weighted by molar-refractivity contribution is 5.94. The summed E-state index contributed by atoms with van der Waals surface area (Å²) in [6.45, 7) is 6.52. The van der Waals surface area contributed by atoms with Crippen LogP contribution in [0.25, 0.3) is 0 Å². The van der Waals surface area contributed by atoms with Crippen molar-refractivity contribution in [2.24, 2.45) is 0 Å². The Kier molecular flexibility index (Phi) is 4.28. The summed E-state index contributed by atoms with van der Waals surface area (Å²) in [7, 11) is 0. The van der Waals surface area contributed by atoms with Crippen molar-refractivity contribution in [3.05, 3.63) is 35.4 Å². The zero-order valence-electron chi connectivity index (χ0n) is 12.3. The Balaban J connectivity index is 2.06. The van der Waals surface area contributed by atoms with Crippen LogP contribution >= 0.6 is 0 Å². The van der Waals surface area contributed by atoms with Crippen molar-refractivity contribution < 1.29 is 4.79 Å². The molecule has 0 aromatic heterocycles. The molecule has 0 saturated heterocycles. The third kappa shape index (κ3) is 3.82. The van der Waals surface area contributed by atoms with Gasteiger partial charge in [0.2, 0.25) is 0 Å². The average molecular weight is 259 g/mol. The fourth-order valence-electron chi connectivity index (χ4n) is 2.64. The summed E-state index contributed by atoms with van der Waals surface area (Å²) < 4.78 is 0. The molecule has 2 rings (SSSR count). The van der Waals surface area contributed by atoms with E-state index in [-0.39, 0.29) is 11.3 Å². The van der Waals surface area contributed by atoms with E-state index < -0.39 is 0 Å². The van der Waals surface area contributed by atoms with Gasteiger partial charge in [-0.15, -0.1) is 0 Å². The summed E-state index contributed by atoms with van der Waals surface area (Å²) in [6.07, 6.45) is 6.06. The first-order valence-electron chi connectivity index (χ1n) is 7.38. The summed E-state index contributed by atoms with van der Waals surface area (Å²) in [5.74, 6) is 0.0815. The highest BCUT2D eigenvalue weighted by Crippen LogP contribution is 2.23. The zero-order chi connectivity index (χ0) is 13.9. The monoisotopic (exact) mass is 259 g/mol. The molecular formula is C17H25NO. The highest BCUT2D eigenvalue weighted by atomic mass is 16.1. The molecule has 1 aromatic rings. The Morgan fingerprint density at radius 1 is 1.16 bits per heavy atom. The molecule has 104 valence electrons. The van der Waals surface area contributed by atoms with Crippen LogP contribution in [0, 0.1) is 0 Å². The van der Waals surface area contributed by atoms with Crippen LogP contribution in [0.15, 0.2) is 24.3 Å². The first kappa shape index (κ1) is 14.1. The van der Waals surface area contributed by atoms with Crippen LogP contribution < -0.4 is 5.32 Å². The number of carbonyl (C=O) groups is 1. The summed E-state index contributed by atoms with van der Waals surface area (Å²) in [5, 5.41) is 3.17. The molecule has 0 atom stereocenters. The van der Waals surface area contributed by atoms with Crippen LogP contribution in [0.4, 0.5) is 0 Å². The summed E-state index contributed by atoms with van der Waals surface area (Å²) in [5.41, 5.74) is 2.09. The lowest BCUT2D eigenvalue weighted by molar-refractivity contribution is 0.0927. The van der Waals surface area contributed by atoms with Gasteiger partial charge < -0.3 is 5.32 Å². The van der Waals surface area contributed by atoms with E-state index in [9.17, 15) is 4.79 Å². The predicted octanol–water partition coefficient (Wildman–Crippen LogP) is 4.05. The van der Waals surface area contributed by atoms with Gasteiger partial charge in [-0.3, -0.25) is 4.79 Å². The molecule has 1 N–H and O–H groups in total. The number of rotatable bonds is 2. The minimum atomic E-state index is 0.0815. The van der Waals surface area contributed by atoms with Gasteiger partial charge in [-0.1, -0.05) is 52.2 Å². The minimum absolute atomic E-state index is 0.0815. The van der Waals surface area contributed by atoms with Crippen LogP contribution in [0.2, 0.25) is 0 Å². The number of hydrogen-bond donors (Lipinski definition) is 1. The minimum Gasteiger partial charge on any atom is -0.349 e. The van der Waals surface area contributed by atoms with Gasteiger partial charge in [0, 0.05) is 11.6 Å². The van der Waals surface area contributed by atoms with Gasteiger partial charge in [-0.05, 0) is 36.0 Å². The van der Waals surface area contributed by atoms with Crippen molar-refractivity contribution in [2.45, 2.75) is 64.3 Å². The van der Waals surface area contributed by atoms with Crippen molar-refractivity contribution in [1.82, 2.24) is 5.32 Å². The molecule has 2 heteroatoms. The van der Waals surface area contributed by atoms with Gasteiger partial charge in [0.05, 0.1) is 0 Å². The molecule has 0 bridgehead atoms. The normalized spacial score (nSPS) is 17.2. The van der Waals surface area contributed by atoms with E-state index >= 15 is 0 Å². The standard InChI is InChI=1S/C17H25NO/c1-17(2,3)14-9-7-8-13(12-14)16(19)18-15-10-5-4-6-11-15/h7-9,12,15H,4-6,10-11H2,1-3H3,(H,18,19). The van der Waals surface area contributed by atoms with Crippen LogP contribution in [0.3, 0.4) is 0 Å². The van der Waals surface area contributed by atoms with E-state index in [0.29, 0.717) is 6.04 Å². The van der Waals surface area contributed by atoms with Crippen molar-refractivity contribution in [3.8, 4) is 0 Å². The molecule has 0 unspecified atom stereocenters. The smallest absolute Gasteiger partial charge is 0.251 e. The molecule has 0 aliphatic heterocycles. The first-order chi connectivity index (χ1) is 8.97. The van der Waals surface area contributed by atoms with Gasteiger partial charge in [-0.2, -0.15) is 0 Å². The Bertz CT molecular complexity index is 439. The van der Waals surface area contributed by atoms with Crippen molar-refractivity contribution in [1.29, 1.82) is 0 Å². The number of carbonyl (C=O) groups excluding carboxylic acids is 1. The molecule has 19 heavy (non-hydrogen) atoms. The molecule has 0 radical (unpaired) electrons. The number of amides is 1. The van der Waals surface area contributed by atoms with E-state index in [1.54, 1.807) is 0 Å². The van der Waals surface area contributed by atoms with Crippen molar-refractivity contribution in [2.75, 3.05) is 0 Å². The average Bonchev–Trinajstić information content (AvgIpc) is 2.39. The number of hydrogen-bond acceptors (Lipinski definition) is 1. The Hall–Kier alpha value is -1.31. The molecular weight excluding hydrogens is 234 g/mol. The summed E-state index contributed by atoms with van der Waals surface area (Å²) in [6, 6.07) is 8.39. The molecule has 1 fully saturated rings. The second-order valence-electron chi connectivity index (χ2n) is 6.64. The van der Waals surface area contributed by atoms with Crippen LogP contribution in [-0.2, 0) is 5.41 Å². The number of benzene rings is 1.